The van der Waals surface area contributed by atoms with Crippen molar-refractivity contribution in [3.63, 3.8) is 0 Å². The molecule has 1 amide bonds. The minimum absolute atomic E-state index is 0.319. The van der Waals surface area contributed by atoms with Crippen LogP contribution in [-0.2, 0) is 4.74 Å². The third-order valence-electron chi connectivity index (χ3n) is 3.22. The number of rotatable bonds is 4. The first kappa shape index (κ1) is 16.9. The molecule has 4 nitrogen and oxygen atoms in total. The Kier molecular flexibility index (Phi) is 5.56. The molecule has 122 valence electrons. The SMILES string of the molecule is CC(C)(C)OC(=O)Nc1ccc(F)c(NCC2CCSC2)c1. The fourth-order valence-electron chi connectivity index (χ4n) is 2.16. The Labute approximate surface area is 135 Å². The van der Waals surface area contributed by atoms with Crippen LogP contribution in [0, 0.1) is 11.7 Å². The minimum atomic E-state index is -0.564. The third kappa shape index (κ3) is 5.40. The Hall–Kier alpha value is -1.43. The predicted octanol–water partition coefficient (Wildman–Crippen LogP) is 4.34. The van der Waals surface area contributed by atoms with Crippen LogP contribution in [0.15, 0.2) is 18.2 Å². The van der Waals surface area contributed by atoms with E-state index in [9.17, 15) is 9.18 Å². The molecule has 0 radical (unpaired) electrons. The van der Waals surface area contributed by atoms with Gasteiger partial charge in [-0.05, 0) is 62.8 Å². The molecule has 1 aliphatic rings. The lowest BCUT2D eigenvalue weighted by Gasteiger charge is -2.20. The van der Waals surface area contributed by atoms with Crippen LogP contribution in [0.3, 0.4) is 0 Å². The summed E-state index contributed by atoms with van der Waals surface area (Å²) in [7, 11) is 0. The van der Waals surface area contributed by atoms with Gasteiger partial charge in [0.15, 0.2) is 0 Å². The maximum Gasteiger partial charge on any atom is 0.412 e. The van der Waals surface area contributed by atoms with Crippen molar-refractivity contribution in [1.29, 1.82) is 0 Å². The second-order valence-corrected chi connectivity index (χ2v) is 7.58. The van der Waals surface area contributed by atoms with Gasteiger partial charge in [-0.15, -0.1) is 0 Å². The highest BCUT2D eigenvalue weighted by Gasteiger charge is 2.18. The number of halogens is 1. The van der Waals surface area contributed by atoms with Gasteiger partial charge in [0.1, 0.15) is 11.4 Å². The summed E-state index contributed by atoms with van der Waals surface area (Å²) in [6.45, 7) is 6.14. The van der Waals surface area contributed by atoms with E-state index in [0.29, 0.717) is 17.3 Å². The molecule has 2 rings (SSSR count). The normalized spacial score (nSPS) is 18.1. The molecular formula is C16H23FN2O2S. The van der Waals surface area contributed by atoms with Crippen molar-refractivity contribution in [2.75, 3.05) is 28.7 Å². The van der Waals surface area contributed by atoms with E-state index < -0.39 is 11.7 Å². The maximum absolute atomic E-state index is 13.8. The number of ether oxygens (including phenoxy) is 1. The highest BCUT2D eigenvalue weighted by Crippen LogP contribution is 2.25. The fraction of sp³-hybridized carbons (Fsp3) is 0.562. The van der Waals surface area contributed by atoms with Gasteiger partial charge in [-0.1, -0.05) is 0 Å². The molecule has 0 bridgehead atoms. The summed E-state index contributed by atoms with van der Waals surface area (Å²) in [6.07, 6.45) is 0.618. The van der Waals surface area contributed by atoms with Crippen LogP contribution in [0.2, 0.25) is 0 Å². The number of amides is 1. The van der Waals surface area contributed by atoms with E-state index in [1.807, 2.05) is 11.8 Å². The van der Waals surface area contributed by atoms with Crippen molar-refractivity contribution in [3.8, 4) is 0 Å². The number of hydrogen-bond donors (Lipinski definition) is 2. The Bertz CT molecular complexity index is 525. The number of carbonyl (C=O) groups excluding carboxylic acids is 1. The van der Waals surface area contributed by atoms with Crippen molar-refractivity contribution in [2.24, 2.45) is 5.92 Å². The molecule has 0 aliphatic carbocycles. The highest BCUT2D eigenvalue weighted by atomic mass is 32.2. The lowest BCUT2D eigenvalue weighted by molar-refractivity contribution is 0.0636. The summed E-state index contributed by atoms with van der Waals surface area (Å²) in [6, 6.07) is 4.47. The average molecular weight is 326 g/mol. The highest BCUT2D eigenvalue weighted by molar-refractivity contribution is 7.99. The molecule has 0 spiro atoms. The summed E-state index contributed by atoms with van der Waals surface area (Å²) in [5.41, 5.74) is 0.357. The monoisotopic (exact) mass is 326 g/mol. The zero-order valence-corrected chi connectivity index (χ0v) is 14.1. The van der Waals surface area contributed by atoms with Crippen LogP contribution >= 0.6 is 11.8 Å². The Balaban J connectivity index is 1.95. The van der Waals surface area contributed by atoms with Crippen LogP contribution in [0.25, 0.3) is 0 Å². The van der Waals surface area contributed by atoms with Crippen LogP contribution in [0.1, 0.15) is 27.2 Å². The zero-order valence-electron chi connectivity index (χ0n) is 13.2. The number of carbonyl (C=O) groups is 1. The lowest BCUT2D eigenvalue weighted by atomic mass is 10.1. The molecule has 1 saturated heterocycles. The quantitative estimate of drug-likeness (QED) is 0.864. The Morgan fingerprint density at radius 2 is 2.23 bits per heavy atom. The molecule has 1 unspecified atom stereocenters. The standard InChI is InChI=1S/C16H23FN2O2S/c1-16(2,3)21-15(20)19-12-4-5-13(17)14(8-12)18-9-11-6-7-22-10-11/h4-5,8,11,18H,6-7,9-10H2,1-3H3,(H,19,20). The number of benzene rings is 1. The Morgan fingerprint density at radius 3 is 2.86 bits per heavy atom. The molecule has 1 aliphatic heterocycles. The summed E-state index contributed by atoms with van der Waals surface area (Å²) in [4.78, 5) is 11.7. The molecule has 1 aromatic carbocycles. The van der Waals surface area contributed by atoms with E-state index in [2.05, 4.69) is 10.6 Å². The van der Waals surface area contributed by atoms with Gasteiger partial charge in [-0.3, -0.25) is 5.32 Å². The third-order valence-corrected chi connectivity index (χ3v) is 4.45. The zero-order chi connectivity index (χ0) is 16.2. The first-order valence-electron chi connectivity index (χ1n) is 7.45. The fourth-order valence-corrected chi connectivity index (χ4v) is 3.44. The second kappa shape index (κ2) is 7.22. The van der Waals surface area contributed by atoms with Gasteiger partial charge in [-0.25, -0.2) is 9.18 Å². The Morgan fingerprint density at radius 1 is 1.45 bits per heavy atom. The summed E-state index contributed by atoms with van der Waals surface area (Å²) >= 11 is 1.93. The molecule has 0 saturated carbocycles. The molecule has 1 heterocycles. The molecule has 6 heteroatoms. The summed E-state index contributed by atoms with van der Waals surface area (Å²) in [5, 5.41) is 5.76. The molecule has 1 aromatic rings. The van der Waals surface area contributed by atoms with E-state index in [-0.39, 0.29) is 5.82 Å². The van der Waals surface area contributed by atoms with E-state index in [4.69, 9.17) is 4.74 Å². The van der Waals surface area contributed by atoms with Crippen LogP contribution in [0.4, 0.5) is 20.6 Å². The topological polar surface area (TPSA) is 50.4 Å². The number of thioether (sulfide) groups is 1. The molecular weight excluding hydrogens is 303 g/mol. The van der Waals surface area contributed by atoms with Gasteiger partial charge < -0.3 is 10.1 Å². The van der Waals surface area contributed by atoms with Crippen LogP contribution in [-0.4, -0.2) is 29.7 Å². The molecule has 2 N–H and O–H groups in total. The lowest BCUT2D eigenvalue weighted by Crippen LogP contribution is -2.27. The maximum atomic E-state index is 13.8. The van der Waals surface area contributed by atoms with Crippen LogP contribution in [0.5, 0.6) is 0 Å². The molecule has 1 atom stereocenters. The van der Waals surface area contributed by atoms with Gasteiger partial charge in [0, 0.05) is 12.2 Å². The van der Waals surface area contributed by atoms with Gasteiger partial charge in [-0.2, -0.15) is 11.8 Å². The first-order valence-corrected chi connectivity index (χ1v) is 8.60. The summed E-state index contributed by atoms with van der Waals surface area (Å²) < 4.78 is 19.0. The molecule has 22 heavy (non-hydrogen) atoms. The van der Waals surface area contributed by atoms with Crippen molar-refractivity contribution in [3.05, 3.63) is 24.0 Å². The van der Waals surface area contributed by atoms with Crippen molar-refractivity contribution in [1.82, 2.24) is 0 Å². The van der Waals surface area contributed by atoms with Crippen molar-refractivity contribution < 1.29 is 13.9 Å². The smallest absolute Gasteiger partial charge is 0.412 e. The van der Waals surface area contributed by atoms with E-state index >= 15 is 0 Å². The van der Waals surface area contributed by atoms with E-state index in [1.165, 1.54) is 17.9 Å². The molecule has 0 aromatic heterocycles. The van der Waals surface area contributed by atoms with E-state index in [0.717, 1.165) is 18.7 Å². The minimum Gasteiger partial charge on any atom is -0.444 e. The largest absolute Gasteiger partial charge is 0.444 e. The van der Waals surface area contributed by atoms with Crippen molar-refractivity contribution >= 4 is 29.2 Å². The number of nitrogens with one attached hydrogen (secondary N) is 2. The number of hydrogen-bond acceptors (Lipinski definition) is 4. The van der Waals surface area contributed by atoms with E-state index in [1.54, 1.807) is 26.8 Å². The average Bonchev–Trinajstić information content (AvgIpc) is 2.90. The van der Waals surface area contributed by atoms with Crippen LogP contribution < -0.4 is 10.6 Å². The van der Waals surface area contributed by atoms with Gasteiger partial charge in [0.05, 0.1) is 5.69 Å². The predicted molar refractivity (Wildman–Crippen MR) is 90.2 cm³/mol. The van der Waals surface area contributed by atoms with Gasteiger partial charge in [0.2, 0.25) is 0 Å². The first-order chi connectivity index (χ1) is 10.3. The summed E-state index contributed by atoms with van der Waals surface area (Å²) in [5.74, 6) is 2.55. The van der Waals surface area contributed by atoms with Gasteiger partial charge in [0.25, 0.3) is 0 Å². The molecule has 1 fully saturated rings. The van der Waals surface area contributed by atoms with Gasteiger partial charge >= 0.3 is 6.09 Å². The van der Waals surface area contributed by atoms with Crippen molar-refractivity contribution in [2.45, 2.75) is 32.8 Å². The number of anilines is 2. The second-order valence-electron chi connectivity index (χ2n) is 6.43.